The van der Waals surface area contributed by atoms with Crippen molar-refractivity contribution in [2.75, 3.05) is 13.1 Å². The molecule has 1 saturated carbocycles. The van der Waals surface area contributed by atoms with Crippen LogP contribution in [0.1, 0.15) is 65.7 Å². The van der Waals surface area contributed by atoms with Crippen LogP contribution in [0.2, 0.25) is 0 Å². The fourth-order valence-electron chi connectivity index (χ4n) is 3.91. The summed E-state index contributed by atoms with van der Waals surface area (Å²) in [5, 5.41) is 12.2. The zero-order valence-corrected chi connectivity index (χ0v) is 14.8. The summed E-state index contributed by atoms with van der Waals surface area (Å²) in [5.74, 6) is -0.290. The SMILES string of the molecule is CC(C)(C)C1CCCC(NC(=O)N2CCC(C(=O)O)CC2)CC1. The third-order valence-corrected chi connectivity index (χ3v) is 5.65. The molecule has 1 saturated heterocycles. The molecule has 0 spiro atoms. The first-order valence-corrected chi connectivity index (χ1v) is 9.05. The predicted octanol–water partition coefficient (Wildman–Crippen LogP) is 3.49. The fourth-order valence-corrected chi connectivity index (χ4v) is 3.91. The van der Waals surface area contributed by atoms with Crippen LogP contribution in [0.15, 0.2) is 0 Å². The monoisotopic (exact) mass is 324 g/mol. The van der Waals surface area contributed by atoms with Gasteiger partial charge in [0.1, 0.15) is 0 Å². The Labute approximate surface area is 139 Å². The lowest BCUT2D eigenvalue weighted by atomic mass is 9.76. The highest BCUT2D eigenvalue weighted by molar-refractivity contribution is 5.75. The van der Waals surface area contributed by atoms with Crippen LogP contribution in [-0.4, -0.2) is 41.1 Å². The first-order chi connectivity index (χ1) is 10.8. The number of rotatable bonds is 2. The Morgan fingerprint density at radius 1 is 1.00 bits per heavy atom. The van der Waals surface area contributed by atoms with Crippen molar-refractivity contribution in [2.24, 2.45) is 17.3 Å². The smallest absolute Gasteiger partial charge is 0.317 e. The molecule has 2 aliphatic rings. The summed E-state index contributed by atoms with van der Waals surface area (Å²) in [5.41, 5.74) is 0.345. The first kappa shape index (κ1) is 18.1. The van der Waals surface area contributed by atoms with Crippen LogP contribution in [-0.2, 0) is 4.79 Å². The second kappa shape index (κ2) is 7.54. The molecule has 0 aromatic rings. The highest BCUT2D eigenvalue weighted by atomic mass is 16.4. The lowest BCUT2D eigenvalue weighted by molar-refractivity contribution is -0.143. The first-order valence-electron chi connectivity index (χ1n) is 9.05. The van der Waals surface area contributed by atoms with Crippen molar-refractivity contribution in [1.82, 2.24) is 10.2 Å². The van der Waals surface area contributed by atoms with Gasteiger partial charge in [-0.25, -0.2) is 4.79 Å². The van der Waals surface area contributed by atoms with Crippen molar-refractivity contribution < 1.29 is 14.7 Å². The van der Waals surface area contributed by atoms with Gasteiger partial charge < -0.3 is 15.3 Å². The van der Waals surface area contributed by atoms with Crippen LogP contribution in [0, 0.1) is 17.3 Å². The van der Waals surface area contributed by atoms with Crippen molar-refractivity contribution in [3.8, 4) is 0 Å². The summed E-state index contributed by atoms with van der Waals surface area (Å²) in [6, 6.07) is 0.264. The Bertz CT molecular complexity index is 422. The van der Waals surface area contributed by atoms with Gasteiger partial charge in [0.05, 0.1) is 5.92 Å². The number of hydrogen-bond donors (Lipinski definition) is 2. The predicted molar refractivity (Wildman–Crippen MR) is 90.3 cm³/mol. The van der Waals surface area contributed by atoms with Crippen LogP contribution in [0.4, 0.5) is 4.79 Å². The topological polar surface area (TPSA) is 69.6 Å². The number of urea groups is 1. The van der Waals surface area contributed by atoms with E-state index in [4.69, 9.17) is 5.11 Å². The van der Waals surface area contributed by atoms with Crippen molar-refractivity contribution in [3.05, 3.63) is 0 Å². The second-order valence-corrected chi connectivity index (χ2v) is 8.32. The van der Waals surface area contributed by atoms with E-state index in [2.05, 4.69) is 26.1 Å². The summed E-state index contributed by atoms with van der Waals surface area (Å²) in [6.45, 7) is 8.04. The minimum Gasteiger partial charge on any atom is -0.481 e. The molecule has 5 heteroatoms. The number of amides is 2. The Morgan fingerprint density at radius 3 is 2.22 bits per heavy atom. The number of aliphatic carboxylic acids is 1. The van der Waals surface area contributed by atoms with E-state index in [-0.39, 0.29) is 18.0 Å². The summed E-state index contributed by atoms with van der Waals surface area (Å²) in [7, 11) is 0. The third-order valence-electron chi connectivity index (χ3n) is 5.65. The van der Waals surface area contributed by atoms with E-state index in [0.717, 1.165) is 18.8 Å². The second-order valence-electron chi connectivity index (χ2n) is 8.32. The van der Waals surface area contributed by atoms with Gasteiger partial charge in [0.25, 0.3) is 0 Å². The number of piperidine rings is 1. The molecular weight excluding hydrogens is 292 g/mol. The van der Waals surface area contributed by atoms with Gasteiger partial charge in [0, 0.05) is 19.1 Å². The normalized spacial score (nSPS) is 27.3. The molecule has 2 amide bonds. The van der Waals surface area contributed by atoms with Crippen LogP contribution in [0.25, 0.3) is 0 Å². The number of carbonyl (C=O) groups is 2. The van der Waals surface area contributed by atoms with E-state index in [1.807, 2.05) is 0 Å². The molecule has 2 N–H and O–H groups in total. The zero-order chi connectivity index (χ0) is 17.0. The maximum Gasteiger partial charge on any atom is 0.317 e. The number of likely N-dealkylation sites (tertiary alicyclic amines) is 1. The summed E-state index contributed by atoms with van der Waals surface area (Å²) >= 11 is 0. The fraction of sp³-hybridized carbons (Fsp3) is 0.889. The van der Waals surface area contributed by atoms with Crippen molar-refractivity contribution in [3.63, 3.8) is 0 Å². The average Bonchev–Trinajstić information content (AvgIpc) is 2.72. The van der Waals surface area contributed by atoms with Gasteiger partial charge in [0.15, 0.2) is 0 Å². The van der Waals surface area contributed by atoms with Gasteiger partial charge >= 0.3 is 12.0 Å². The third kappa shape index (κ3) is 5.11. The summed E-state index contributed by atoms with van der Waals surface area (Å²) in [4.78, 5) is 25.2. The van der Waals surface area contributed by atoms with E-state index in [0.29, 0.717) is 31.3 Å². The van der Waals surface area contributed by atoms with Crippen LogP contribution >= 0.6 is 0 Å². The lowest BCUT2D eigenvalue weighted by Crippen LogP contribution is -2.48. The van der Waals surface area contributed by atoms with Crippen LogP contribution in [0.5, 0.6) is 0 Å². The molecule has 1 heterocycles. The number of hydrogen-bond acceptors (Lipinski definition) is 2. The van der Waals surface area contributed by atoms with Gasteiger partial charge in [0.2, 0.25) is 0 Å². The molecule has 2 fully saturated rings. The van der Waals surface area contributed by atoms with E-state index in [9.17, 15) is 9.59 Å². The standard InChI is InChI=1S/C18H32N2O3/c1-18(2,3)14-5-4-6-15(8-7-14)19-17(23)20-11-9-13(10-12-20)16(21)22/h13-15H,4-12H2,1-3H3,(H,19,23)(H,21,22). The van der Waals surface area contributed by atoms with Gasteiger partial charge in [-0.3, -0.25) is 4.79 Å². The van der Waals surface area contributed by atoms with Gasteiger partial charge in [-0.15, -0.1) is 0 Å². The molecule has 132 valence electrons. The molecule has 0 aromatic carbocycles. The highest BCUT2D eigenvalue weighted by Gasteiger charge is 2.30. The van der Waals surface area contributed by atoms with Gasteiger partial charge in [-0.1, -0.05) is 27.2 Å². The molecule has 2 rings (SSSR count). The molecule has 1 aliphatic heterocycles. The maximum atomic E-state index is 12.4. The Hall–Kier alpha value is -1.26. The molecule has 0 radical (unpaired) electrons. The van der Waals surface area contributed by atoms with E-state index in [1.165, 1.54) is 19.3 Å². The number of carboxylic acid groups (broad SMARTS) is 1. The Kier molecular flexibility index (Phi) is 5.93. The quantitative estimate of drug-likeness (QED) is 0.764. The largest absolute Gasteiger partial charge is 0.481 e. The molecule has 0 bridgehead atoms. The van der Waals surface area contributed by atoms with E-state index >= 15 is 0 Å². The van der Waals surface area contributed by atoms with Gasteiger partial charge in [-0.05, 0) is 49.9 Å². The number of carboxylic acids is 1. The summed E-state index contributed by atoms with van der Waals surface area (Å²) in [6.07, 6.45) is 6.85. The van der Waals surface area contributed by atoms with E-state index in [1.54, 1.807) is 4.90 Å². The highest BCUT2D eigenvalue weighted by Crippen LogP contribution is 2.36. The molecular formula is C18H32N2O3. The molecule has 2 atom stereocenters. The zero-order valence-electron chi connectivity index (χ0n) is 14.8. The number of nitrogens with one attached hydrogen (secondary N) is 1. The maximum absolute atomic E-state index is 12.4. The Balaban J connectivity index is 1.79. The minimum absolute atomic E-state index is 0.00644. The van der Waals surface area contributed by atoms with Crippen molar-refractivity contribution in [2.45, 2.75) is 71.8 Å². The summed E-state index contributed by atoms with van der Waals surface area (Å²) < 4.78 is 0. The minimum atomic E-state index is -0.734. The number of carbonyl (C=O) groups excluding carboxylic acids is 1. The van der Waals surface area contributed by atoms with Crippen LogP contribution in [0.3, 0.4) is 0 Å². The van der Waals surface area contributed by atoms with E-state index < -0.39 is 5.97 Å². The van der Waals surface area contributed by atoms with Gasteiger partial charge in [-0.2, -0.15) is 0 Å². The molecule has 23 heavy (non-hydrogen) atoms. The molecule has 0 aromatic heterocycles. The van der Waals surface area contributed by atoms with Crippen LogP contribution < -0.4 is 5.32 Å². The number of nitrogens with zero attached hydrogens (tertiary/aromatic N) is 1. The van der Waals surface area contributed by atoms with Crippen molar-refractivity contribution >= 4 is 12.0 Å². The Morgan fingerprint density at radius 2 is 1.65 bits per heavy atom. The molecule has 1 aliphatic carbocycles. The molecule has 2 unspecified atom stereocenters. The molecule has 5 nitrogen and oxygen atoms in total. The van der Waals surface area contributed by atoms with Crippen molar-refractivity contribution in [1.29, 1.82) is 0 Å². The lowest BCUT2D eigenvalue weighted by Gasteiger charge is -2.32. The average molecular weight is 324 g/mol.